The van der Waals surface area contributed by atoms with E-state index in [1.807, 2.05) is 30.3 Å². The third kappa shape index (κ3) is 2.78. The molecule has 1 aliphatic rings. The normalized spacial score (nSPS) is 12.7. The Kier molecular flexibility index (Phi) is 3.68. The molecule has 0 spiro atoms. The molecule has 0 aromatic heterocycles. The van der Waals surface area contributed by atoms with Crippen molar-refractivity contribution in [2.24, 2.45) is 0 Å². The van der Waals surface area contributed by atoms with E-state index in [1.165, 1.54) is 21.0 Å². The molecule has 0 amide bonds. The minimum atomic E-state index is 0.751. The van der Waals surface area contributed by atoms with Crippen molar-refractivity contribution >= 4 is 40.4 Å². The summed E-state index contributed by atoms with van der Waals surface area (Å²) in [6.45, 7) is 0.760. The molecule has 3 aromatic rings. The molecular weight excluding hydrogens is 324 g/mol. The molecule has 114 valence electrons. The molecule has 3 aromatic carbocycles. The maximum absolute atomic E-state index is 6.24. The smallest absolute Gasteiger partial charge is 0.0570 e. The van der Waals surface area contributed by atoms with Gasteiger partial charge in [-0.2, -0.15) is 0 Å². The standard InChI is InChI=1S/C19H15ClN2S/c20-14-8-9-19-17(11-14)22(12-13-4-3-5-15(21)10-13)16-6-1-2-7-18(16)23-19/h1-11H,12,21H2. The van der Waals surface area contributed by atoms with Gasteiger partial charge in [-0.1, -0.05) is 47.6 Å². The predicted octanol–water partition coefficient (Wildman–Crippen LogP) is 5.73. The monoisotopic (exact) mass is 338 g/mol. The number of para-hydroxylation sites is 1. The summed E-state index contributed by atoms with van der Waals surface area (Å²) in [6, 6.07) is 22.5. The van der Waals surface area contributed by atoms with Gasteiger partial charge in [0, 0.05) is 27.0 Å². The first kappa shape index (κ1) is 14.5. The molecule has 1 aliphatic heterocycles. The molecular formula is C19H15ClN2S. The van der Waals surface area contributed by atoms with Gasteiger partial charge in [0.1, 0.15) is 0 Å². The second-order valence-electron chi connectivity index (χ2n) is 5.51. The summed E-state index contributed by atoms with van der Waals surface area (Å²) >= 11 is 8.02. The molecule has 1 heterocycles. The summed E-state index contributed by atoms with van der Waals surface area (Å²) in [5.41, 5.74) is 10.2. The van der Waals surface area contributed by atoms with Crippen LogP contribution in [0.1, 0.15) is 5.56 Å². The van der Waals surface area contributed by atoms with Crippen LogP contribution in [0.15, 0.2) is 76.5 Å². The fraction of sp³-hybridized carbons (Fsp3) is 0.0526. The van der Waals surface area contributed by atoms with Crippen LogP contribution in [0.4, 0.5) is 17.1 Å². The zero-order valence-corrected chi connectivity index (χ0v) is 13.9. The van der Waals surface area contributed by atoms with E-state index in [0.717, 1.165) is 22.9 Å². The van der Waals surface area contributed by atoms with Gasteiger partial charge in [-0.3, -0.25) is 0 Å². The largest absolute Gasteiger partial charge is 0.399 e. The van der Waals surface area contributed by atoms with E-state index in [0.29, 0.717) is 0 Å². The van der Waals surface area contributed by atoms with E-state index in [4.69, 9.17) is 17.3 Å². The summed E-state index contributed by atoms with van der Waals surface area (Å²) in [5.74, 6) is 0. The van der Waals surface area contributed by atoms with Crippen LogP contribution >= 0.6 is 23.4 Å². The molecule has 2 N–H and O–H groups in total. The molecule has 0 saturated heterocycles. The van der Waals surface area contributed by atoms with Crippen LogP contribution < -0.4 is 10.6 Å². The van der Waals surface area contributed by atoms with Crippen LogP contribution in [0.5, 0.6) is 0 Å². The molecule has 4 rings (SSSR count). The number of nitrogens with two attached hydrogens (primary N) is 1. The SMILES string of the molecule is Nc1cccc(CN2c3ccccc3Sc3ccc(Cl)cc32)c1. The summed E-state index contributed by atoms with van der Waals surface area (Å²) in [6.07, 6.45) is 0. The second-order valence-corrected chi connectivity index (χ2v) is 7.03. The van der Waals surface area contributed by atoms with E-state index in [2.05, 4.69) is 41.3 Å². The number of hydrogen-bond acceptors (Lipinski definition) is 3. The number of nitrogens with zero attached hydrogens (tertiary/aromatic N) is 1. The van der Waals surface area contributed by atoms with Gasteiger partial charge in [0.25, 0.3) is 0 Å². The van der Waals surface area contributed by atoms with Gasteiger partial charge >= 0.3 is 0 Å². The minimum absolute atomic E-state index is 0.751. The molecule has 0 aliphatic carbocycles. The van der Waals surface area contributed by atoms with Gasteiger partial charge in [-0.05, 0) is 48.0 Å². The highest BCUT2D eigenvalue weighted by Crippen LogP contribution is 2.49. The number of hydrogen-bond donors (Lipinski definition) is 1. The fourth-order valence-electron chi connectivity index (χ4n) is 2.85. The quantitative estimate of drug-likeness (QED) is 0.605. The summed E-state index contributed by atoms with van der Waals surface area (Å²) in [4.78, 5) is 4.78. The van der Waals surface area contributed by atoms with Gasteiger partial charge in [0.15, 0.2) is 0 Å². The fourth-order valence-corrected chi connectivity index (χ4v) is 4.09. The molecule has 0 saturated carbocycles. The van der Waals surface area contributed by atoms with Gasteiger partial charge in [-0.15, -0.1) is 0 Å². The Balaban J connectivity index is 1.83. The lowest BCUT2D eigenvalue weighted by atomic mass is 10.1. The average Bonchev–Trinajstić information content (AvgIpc) is 2.55. The number of fused-ring (bicyclic) bond motifs is 2. The molecule has 4 heteroatoms. The van der Waals surface area contributed by atoms with Crippen molar-refractivity contribution < 1.29 is 0 Å². The van der Waals surface area contributed by atoms with Crippen LogP contribution in [0.25, 0.3) is 0 Å². The Morgan fingerprint density at radius 3 is 2.57 bits per heavy atom. The Hall–Kier alpha value is -2.10. The van der Waals surface area contributed by atoms with Crippen molar-refractivity contribution in [1.29, 1.82) is 0 Å². The number of halogens is 1. The van der Waals surface area contributed by atoms with Crippen LogP contribution in [-0.2, 0) is 6.54 Å². The van der Waals surface area contributed by atoms with Crippen molar-refractivity contribution in [2.75, 3.05) is 10.6 Å². The number of anilines is 3. The van der Waals surface area contributed by atoms with Gasteiger partial charge in [0.05, 0.1) is 11.4 Å². The zero-order chi connectivity index (χ0) is 15.8. The first-order chi connectivity index (χ1) is 11.2. The first-order valence-corrected chi connectivity index (χ1v) is 8.58. The maximum Gasteiger partial charge on any atom is 0.0570 e. The molecule has 0 fully saturated rings. The summed E-state index contributed by atoms with van der Waals surface area (Å²) < 4.78 is 0. The van der Waals surface area contributed by atoms with Crippen molar-refractivity contribution in [2.45, 2.75) is 16.3 Å². The number of rotatable bonds is 2. The Bertz CT molecular complexity index is 879. The molecule has 0 atom stereocenters. The lowest BCUT2D eigenvalue weighted by Gasteiger charge is -2.33. The van der Waals surface area contributed by atoms with Crippen molar-refractivity contribution in [3.63, 3.8) is 0 Å². The minimum Gasteiger partial charge on any atom is -0.399 e. The molecule has 0 bridgehead atoms. The summed E-state index contributed by atoms with van der Waals surface area (Å²) in [5, 5.41) is 0.751. The lowest BCUT2D eigenvalue weighted by Crippen LogP contribution is -2.20. The van der Waals surface area contributed by atoms with Crippen LogP contribution in [0, 0.1) is 0 Å². The third-order valence-corrected chi connectivity index (χ3v) is 5.24. The van der Waals surface area contributed by atoms with E-state index < -0.39 is 0 Å². The first-order valence-electron chi connectivity index (χ1n) is 7.39. The van der Waals surface area contributed by atoms with E-state index >= 15 is 0 Å². The van der Waals surface area contributed by atoms with Gasteiger partial charge in [0.2, 0.25) is 0 Å². The highest BCUT2D eigenvalue weighted by Gasteiger charge is 2.23. The lowest BCUT2D eigenvalue weighted by molar-refractivity contribution is 0.938. The number of nitrogen functional groups attached to an aromatic ring is 1. The maximum atomic E-state index is 6.24. The number of benzene rings is 3. The van der Waals surface area contributed by atoms with Gasteiger partial charge < -0.3 is 10.6 Å². The predicted molar refractivity (Wildman–Crippen MR) is 98.7 cm³/mol. The highest BCUT2D eigenvalue weighted by molar-refractivity contribution is 7.99. The third-order valence-electron chi connectivity index (χ3n) is 3.88. The average molecular weight is 339 g/mol. The van der Waals surface area contributed by atoms with E-state index in [-0.39, 0.29) is 0 Å². The Morgan fingerprint density at radius 1 is 0.870 bits per heavy atom. The zero-order valence-electron chi connectivity index (χ0n) is 12.4. The van der Waals surface area contributed by atoms with E-state index in [1.54, 1.807) is 11.8 Å². The van der Waals surface area contributed by atoms with Crippen molar-refractivity contribution in [3.8, 4) is 0 Å². The van der Waals surface area contributed by atoms with Gasteiger partial charge in [-0.25, -0.2) is 0 Å². The topological polar surface area (TPSA) is 29.3 Å². The Morgan fingerprint density at radius 2 is 1.70 bits per heavy atom. The Labute approximate surface area is 144 Å². The molecule has 0 radical (unpaired) electrons. The van der Waals surface area contributed by atoms with Crippen LogP contribution in [0.2, 0.25) is 5.02 Å². The van der Waals surface area contributed by atoms with Crippen LogP contribution in [-0.4, -0.2) is 0 Å². The molecule has 2 nitrogen and oxygen atoms in total. The highest BCUT2D eigenvalue weighted by atomic mass is 35.5. The van der Waals surface area contributed by atoms with Crippen molar-refractivity contribution in [1.82, 2.24) is 0 Å². The van der Waals surface area contributed by atoms with E-state index in [9.17, 15) is 0 Å². The van der Waals surface area contributed by atoms with Crippen molar-refractivity contribution in [3.05, 3.63) is 77.3 Å². The molecule has 23 heavy (non-hydrogen) atoms. The van der Waals surface area contributed by atoms with Crippen LogP contribution in [0.3, 0.4) is 0 Å². The summed E-state index contributed by atoms with van der Waals surface area (Å²) in [7, 11) is 0. The molecule has 0 unspecified atom stereocenters. The second kappa shape index (κ2) is 5.84.